The molecule has 0 spiro atoms. The van der Waals surface area contributed by atoms with Crippen molar-refractivity contribution in [2.24, 2.45) is 5.92 Å². The van der Waals surface area contributed by atoms with E-state index in [0.29, 0.717) is 18.4 Å². The van der Waals surface area contributed by atoms with E-state index in [9.17, 15) is 15.0 Å². The van der Waals surface area contributed by atoms with Gasteiger partial charge in [-0.2, -0.15) is 0 Å². The lowest BCUT2D eigenvalue weighted by molar-refractivity contribution is -0.148. The molecule has 3 rings (SSSR count). The Kier molecular flexibility index (Phi) is 4.89. The van der Waals surface area contributed by atoms with Crippen molar-refractivity contribution >= 4 is 5.97 Å². The minimum absolute atomic E-state index is 0.175. The van der Waals surface area contributed by atoms with Crippen LogP contribution < -0.4 is 0 Å². The zero-order valence-corrected chi connectivity index (χ0v) is 13.3. The van der Waals surface area contributed by atoms with E-state index in [4.69, 9.17) is 4.74 Å². The maximum Gasteiger partial charge on any atom is 0.337 e. The monoisotopic (exact) mass is 316 g/mol. The third-order valence-electron chi connectivity index (χ3n) is 4.93. The molecular formula is C19H24O4. The lowest BCUT2D eigenvalue weighted by Gasteiger charge is -2.30. The van der Waals surface area contributed by atoms with Crippen LogP contribution in [-0.2, 0) is 16.0 Å². The van der Waals surface area contributed by atoms with Crippen LogP contribution in [0.3, 0.4) is 0 Å². The molecule has 1 aromatic rings. The first-order chi connectivity index (χ1) is 11.1. The molecule has 1 aromatic carbocycles. The van der Waals surface area contributed by atoms with Crippen LogP contribution in [0.15, 0.2) is 35.6 Å². The number of carbonyl (C=O) groups is 1. The highest BCUT2D eigenvalue weighted by Gasteiger charge is 2.34. The Labute approximate surface area is 136 Å². The first kappa shape index (κ1) is 15.9. The van der Waals surface area contributed by atoms with Crippen molar-refractivity contribution in [1.82, 2.24) is 0 Å². The van der Waals surface area contributed by atoms with Gasteiger partial charge in [0.25, 0.3) is 0 Å². The normalized spacial score (nSPS) is 23.0. The van der Waals surface area contributed by atoms with E-state index in [1.54, 1.807) is 12.1 Å². The lowest BCUT2D eigenvalue weighted by atomic mass is 9.81. The van der Waals surface area contributed by atoms with Gasteiger partial charge in [-0.15, -0.1) is 0 Å². The maximum atomic E-state index is 12.3. The van der Waals surface area contributed by atoms with Crippen LogP contribution in [0.25, 0.3) is 0 Å². The Balaban J connectivity index is 1.60. The topological polar surface area (TPSA) is 66.8 Å². The highest BCUT2D eigenvalue weighted by molar-refractivity contribution is 5.90. The van der Waals surface area contributed by atoms with Gasteiger partial charge in [-0.1, -0.05) is 31.4 Å². The number of benzene rings is 1. The molecule has 1 fully saturated rings. The SMILES string of the molecule is O=C1OC(CCc2ccc(O)cc2)CC(O)=C1C1CCCCC1. The van der Waals surface area contributed by atoms with Crippen LogP contribution in [0.4, 0.5) is 0 Å². The number of cyclic esters (lactones) is 1. The van der Waals surface area contributed by atoms with Crippen molar-refractivity contribution < 1.29 is 19.7 Å². The van der Waals surface area contributed by atoms with Gasteiger partial charge in [0.05, 0.1) is 5.57 Å². The summed E-state index contributed by atoms with van der Waals surface area (Å²) >= 11 is 0. The Morgan fingerprint density at radius 3 is 2.39 bits per heavy atom. The van der Waals surface area contributed by atoms with Crippen LogP contribution in [0.2, 0.25) is 0 Å². The smallest absolute Gasteiger partial charge is 0.337 e. The number of aryl methyl sites for hydroxylation is 1. The molecule has 0 bridgehead atoms. The first-order valence-electron chi connectivity index (χ1n) is 8.54. The summed E-state index contributed by atoms with van der Waals surface area (Å²) in [6.45, 7) is 0. The molecule has 1 aliphatic heterocycles. The van der Waals surface area contributed by atoms with E-state index < -0.39 is 0 Å². The van der Waals surface area contributed by atoms with E-state index in [1.807, 2.05) is 12.1 Å². The Morgan fingerprint density at radius 1 is 1.04 bits per heavy atom. The van der Waals surface area contributed by atoms with E-state index in [2.05, 4.69) is 0 Å². The van der Waals surface area contributed by atoms with Gasteiger partial charge in [-0.25, -0.2) is 4.79 Å². The fourth-order valence-corrected chi connectivity index (χ4v) is 3.64. The third kappa shape index (κ3) is 3.87. The predicted octanol–water partition coefficient (Wildman–Crippen LogP) is 4.03. The zero-order chi connectivity index (χ0) is 16.2. The number of carbonyl (C=O) groups excluding carboxylic acids is 1. The van der Waals surface area contributed by atoms with Crippen LogP contribution in [0.1, 0.15) is 50.5 Å². The number of ether oxygens (including phenoxy) is 1. The van der Waals surface area contributed by atoms with Crippen molar-refractivity contribution in [2.75, 3.05) is 0 Å². The van der Waals surface area contributed by atoms with Crippen molar-refractivity contribution in [1.29, 1.82) is 0 Å². The lowest BCUT2D eigenvalue weighted by Crippen LogP contribution is -2.31. The molecule has 4 heteroatoms. The van der Waals surface area contributed by atoms with Gasteiger partial charge in [0.1, 0.15) is 17.6 Å². The average molecular weight is 316 g/mol. The average Bonchev–Trinajstić information content (AvgIpc) is 2.55. The molecule has 0 amide bonds. The fourth-order valence-electron chi connectivity index (χ4n) is 3.64. The van der Waals surface area contributed by atoms with E-state index in [-0.39, 0.29) is 29.5 Å². The molecule has 1 atom stereocenters. The number of aliphatic hydroxyl groups excluding tert-OH is 1. The van der Waals surface area contributed by atoms with Crippen molar-refractivity contribution in [3.05, 3.63) is 41.2 Å². The fraction of sp³-hybridized carbons (Fsp3) is 0.526. The van der Waals surface area contributed by atoms with Gasteiger partial charge >= 0.3 is 5.97 Å². The molecule has 124 valence electrons. The van der Waals surface area contributed by atoms with Gasteiger partial charge in [0.15, 0.2) is 0 Å². The number of aliphatic hydroxyl groups is 1. The summed E-state index contributed by atoms with van der Waals surface area (Å²) in [4.78, 5) is 12.3. The van der Waals surface area contributed by atoms with Gasteiger partial charge in [0.2, 0.25) is 0 Å². The standard InChI is InChI=1S/C19H24O4/c20-15-9-6-13(7-10-15)8-11-16-12-17(21)18(19(22)23-16)14-4-2-1-3-5-14/h6-7,9-10,14,16,20-21H,1-5,8,11-12H2. The molecule has 23 heavy (non-hydrogen) atoms. The number of esters is 1. The molecule has 0 radical (unpaired) electrons. The summed E-state index contributed by atoms with van der Waals surface area (Å²) in [5.74, 6) is 0.338. The Bertz CT molecular complexity index is 582. The summed E-state index contributed by atoms with van der Waals surface area (Å²) in [5.41, 5.74) is 1.62. The summed E-state index contributed by atoms with van der Waals surface area (Å²) in [6, 6.07) is 7.04. The highest BCUT2D eigenvalue weighted by Crippen LogP contribution is 2.35. The maximum absolute atomic E-state index is 12.3. The minimum Gasteiger partial charge on any atom is -0.512 e. The van der Waals surface area contributed by atoms with Gasteiger partial charge in [0, 0.05) is 6.42 Å². The molecule has 2 aliphatic rings. The molecule has 2 N–H and O–H groups in total. The van der Waals surface area contributed by atoms with Gasteiger partial charge in [-0.3, -0.25) is 0 Å². The summed E-state index contributed by atoms with van der Waals surface area (Å²) in [5, 5.41) is 19.6. The molecular weight excluding hydrogens is 292 g/mol. The van der Waals surface area contributed by atoms with Gasteiger partial charge < -0.3 is 14.9 Å². The summed E-state index contributed by atoms with van der Waals surface area (Å²) < 4.78 is 5.56. The number of hydrogen-bond donors (Lipinski definition) is 2. The summed E-state index contributed by atoms with van der Waals surface area (Å²) in [6.07, 6.45) is 7.02. The number of phenolic OH excluding ortho intramolecular Hbond substituents is 1. The molecule has 1 heterocycles. The highest BCUT2D eigenvalue weighted by atomic mass is 16.5. The quantitative estimate of drug-likeness (QED) is 0.823. The number of aromatic hydroxyl groups is 1. The summed E-state index contributed by atoms with van der Waals surface area (Å²) in [7, 11) is 0. The minimum atomic E-state index is -0.323. The largest absolute Gasteiger partial charge is 0.512 e. The molecule has 1 aliphatic carbocycles. The van der Waals surface area contributed by atoms with Crippen LogP contribution >= 0.6 is 0 Å². The Morgan fingerprint density at radius 2 is 1.74 bits per heavy atom. The second kappa shape index (κ2) is 7.07. The van der Waals surface area contributed by atoms with Crippen LogP contribution in [-0.4, -0.2) is 22.3 Å². The van der Waals surface area contributed by atoms with E-state index in [0.717, 1.165) is 37.7 Å². The zero-order valence-electron chi connectivity index (χ0n) is 13.3. The van der Waals surface area contributed by atoms with Crippen LogP contribution in [0, 0.1) is 5.92 Å². The molecule has 0 aromatic heterocycles. The Hall–Kier alpha value is -1.97. The van der Waals surface area contributed by atoms with E-state index in [1.165, 1.54) is 6.42 Å². The van der Waals surface area contributed by atoms with Crippen molar-refractivity contribution in [2.45, 2.75) is 57.5 Å². The number of hydrogen-bond acceptors (Lipinski definition) is 4. The molecule has 1 unspecified atom stereocenters. The predicted molar refractivity (Wildman–Crippen MR) is 87.2 cm³/mol. The van der Waals surface area contributed by atoms with E-state index >= 15 is 0 Å². The second-order valence-corrected chi connectivity index (χ2v) is 6.63. The van der Waals surface area contributed by atoms with Crippen molar-refractivity contribution in [3.8, 4) is 5.75 Å². The molecule has 0 saturated heterocycles. The molecule has 1 saturated carbocycles. The van der Waals surface area contributed by atoms with Crippen LogP contribution in [0.5, 0.6) is 5.75 Å². The first-order valence-corrected chi connectivity index (χ1v) is 8.54. The second-order valence-electron chi connectivity index (χ2n) is 6.63. The van der Waals surface area contributed by atoms with Gasteiger partial charge in [-0.05, 0) is 49.3 Å². The number of rotatable bonds is 4. The van der Waals surface area contributed by atoms with Crippen molar-refractivity contribution in [3.63, 3.8) is 0 Å². The number of phenols is 1. The molecule has 4 nitrogen and oxygen atoms in total. The third-order valence-corrected chi connectivity index (χ3v) is 4.93.